The smallest absolute Gasteiger partial charge is 0.411 e. The van der Waals surface area contributed by atoms with Crippen molar-refractivity contribution in [2.75, 3.05) is 19.0 Å². The topological polar surface area (TPSA) is 73.9 Å². The fraction of sp³-hybridized carbons (Fsp3) is 0.300. The summed E-state index contributed by atoms with van der Waals surface area (Å²) in [5.41, 5.74) is 2.34. The highest BCUT2D eigenvalue weighted by molar-refractivity contribution is 6.01. The van der Waals surface area contributed by atoms with Crippen LogP contribution in [0.25, 0.3) is 0 Å². The van der Waals surface area contributed by atoms with Gasteiger partial charge in [0, 0.05) is 6.07 Å². The molecule has 0 saturated carbocycles. The molecule has 2 aromatic rings. The molecule has 1 amide bonds. The van der Waals surface area contributed by atoms with E-state index in [-0.39, 0.29) is 6.61 Å². The standard InChI is InChI=1S/C20H23NO5/c1-4-15-11-16(26-13-14-9-7-6-8-10-14)12-17(18(15)19(22)24-3)21-20(23)25-5-2/h6-12H,4-5,13H2,1-3H3,(H,21,23). The van der Waals surface area contributed by atoms with Gasteiger partial charge in [0.25, 0.3) is 0 Å². The van der Waals surface area contributed by atoms with Gasteiger partial charge in [0.2, 0.25) is 0 Å². The first-order valence-corrected chi connectivity index (χ1v) is 8.44. The van der Waals surface area contributed by atoms with Gasteiger partial charge in [-0.15, -0.1) is 0 Å². The van der Waals surface area contributed by atoms with E-state index in [0.717, 1.165) is 5.56 Å². The summed E-state index contributed by atoms with van der Waals surface area (Å²) in [5, 5.41) is 2.60. The number of nitrogens with one attached hydrogen (secondary N) is 1. The van der Waals surface area contributed by atoms with E-state index in [1.807, 2.05) is 37.3 Å². The van der Waals surface area contributed by atoms with Gasteiger partial charge in [-0.1, -0.05) is 37.3 Å². The number of methoxy groups -OCH3 is 1. The molecule has 2 aromatic carbocycles. The summed E-state index contributed by atoms with van der Waals surface area (Å²) in [5.74, 6) is 0.0217. The Labute approximate surface area is 153 Å². The normalized spacial score (nSPS) is 10.1. The van der Waals surface area contributed by atoms with Crippen molar-refractivity contribution in [2.45, 2.75) is 26.9 Å². The first-order valence-electron chi connectivity index (χ1n) is 8.44. The number of ether oxygens (including phenoxy) is 3. The lowest BCUT2D eigenvalue weighted by Crippen LogP contribution is -2.18. The van der Waals surface area contributed by atoms with Crippen LogP contribution in [0.4, 0.5) is 10.5 Å². The van der Waals surface area contributed by atoms with Crippen LogP contribution in [0.3, 0.4) is 0 Å². The van der Waals surface area contributed by atoms with Gasteiger partial charge < -0.3 is 14.2 Å². The minimum Gasteiger partial charge on any atom is -0.489 e. The third-order valence-electron chi connectivity index (χ3n) is 3.72. The van der Waals surface area contributed by atoms with Crippen molar-refractivity contribution in [1.29, 1.82) is 0 Å². The second-order valence-electron chi connectivity index (χ2n) is 5.47. The molecule has 0 fully saturated rings. The van der Waals surface area contributed by atoms with E-state index in [1.54, 1.807) is 19.1 Å². The van der Waals surface area contributed by atoms with Gasteiger partial charge in [-0.2, -0.15) is 0 Å². The van der Waals surface area contributed by atoms with Crippen LogP contribution in [0.2, 0.25) is 0 Å². The lowest BCUT2D eigenvalue weighted by atomic mass is 10.0. The van der Waals surface area contributed by atoms with Crippen LogP contribution in [-0.2, 0) is 22.5 Å². The van der Waals surface area contributed by atoms with E-state index in [0.29, 0.717) is 35.6 Å². The lowest BCUT2D eigenvalue weighted by molar-refractivity contribution is 0.0600. The van der Waals surface area contributed by atoms with Crippen LogP contribution >= 0.6 is 0 Å². The first-order chi connectivity index (χ1) is 12.6. The summed E-state index contributed by atoms with van der Waals surface area (Å²) in [6.45, 7) is 4.22. The second kappa shape index (κ2) is 9.46. The largest absolute Gasteiger partial charge is 0.489 e. The molecule has 0 atom stereocenters. The molecule has 1 N–H and O–H groups in total. The highest BCUT2D eigenvalue weighted by Crippen LogP contribution is 2.29. The predicted octanol–water partition coefficient (Wildman–Crippen LogP) is 4.18. The highest BCUT2D eigenvalue weighted by atomic mass is 16.5. The van der Waals surface area contributed by atoms with Crippen LogP contribution in [0, 0.1) is 0 Å². The molecule has 0 heterocycles. The molecule has 0 unspecified atom stereocenters. The van der Waals surface area contributed by atoms with Crippen molar-refractivity contribution in [1.82, 2.24) is 0 Å². The Kier molecular flexibility index (Phi) is 7.02. The van der Waals surface area contributed by atoms with Crippen molar-refractivity contribution >= 4 is 17.7 Å². The number of aryl methyl sites for hydroxylation is 1. The number of esters is 1. The third kappa shape index (κ3) is 4.99. The summed E-state index contributed by atoms with van der Waals surface area (Å²) in [7, 11) is 1.30. The van der Waals surface area contributed by atoms with E-state index < -0.39 is 12.1 Å². The molecular formula is C20H23NO5. The zero-order chi connectivity index (χ0) is 18.9. The van der Waals surface area contributed by atoms with Gasteiger partial charge in [-0.3, -0.25) is 5.32 Å². The monoisotopic (exact) mass is 357 g/mol. The molecule has 138 valence electrons. The van der Waals surface area contributed by atoms with Crippen LogP contribution in [0.5, 0.6) is 5.75 Å². The molecule has 0 spiro atoms. The maximum absolute atomic E-state index is 12.2. The average Bonchev–Trinajstić information content (AvgIpc) is 2.66. The number of rotatable bonds is 7. The molecule has 0 saturated heterocycles. The zero-order valence-corrected chi connectivity index (χ0v) is 15.2. The van der Waals surface area contributed by atoms with E-state index in [9.17, 15) is 9.59 Å². The Morgan fingerprint density at radius 1 is 1.08 bits per heavy atom. The Balaban J connectivity index is 2.34. The van der Waals surface area contributed by atoms with E-state index in [2.05, 4.69) is 5.32 Å². The maximum atomic E-state index is 12.2. The number of hydrogen-bond acceptors (Lipinski definition) is 5. The molecule has 6 heteroatoms. The van der Waals surface area contributed by atoms with Crippen molar-refractivity contribution in [3.8, 4) is 5.75 Å². The van der Waals surface area contributed by atoms with Crippen molar-refractivity contribution in [3.63, 3.8) is 0 Å². The van der Waals surface area contributed by atoms with Crippen LogP contribution < -0.4 is 10.1 Å². The van der Waals surface area contributed by atoms with Gasteiger partial charge >= 0.3 is 12.1 Å². The van der Waals surface area contributed by atoms with E-state index in [4.69, 9.17) is 14.2 Å². The maximum Gasteiger partial charge on any atom is 0.411 e. The predicted molar refractivity (Wildman–Crippen MR) is 98.6 cm³/mol. The molecule has 0 aliphatic carbocycles. The number of carbonyl (C=O) groups excluding carboxylic acids is 2. The molecule has 0 bridgehead atoms. The van der Waals surface area contributed by atoms with E-state index in [1.165, 1.54) is 7.11 Å². The molecule has 0 aliphatic heterocycles. The second-order valence-corrected chi connectivity index (χ2v) is 5.47. The van der Waals surface area contributed by atoms with Crippen LogP contribution in [0.1, 0.15) is 35.3 Å². The molecule has 0 aromatic heterocycles. The third-order valence-corrected chi connectivity index (χ3v) is 3.72. The molecule has 26 heavy (non-hydrogen) atoms. The summed E-state index contributed by atoms with van der Waals surface area (Å²) in [6.07, 6.45) is -0.0651. The van der Waals surface area contributed by atoms with Gasteiger partial charge in [0.1, 0.15) is 12.4 Å². The SMILES string of the molecule is CCOC(=O)Nc1cc(OCc2ccccc2)cc(CC)c1C(=O)OC. The van der Waals surface area contributed by atoms with Crippen LogP contribution in [-0.4, -0.2) is 25.8 Å². The number of hydrogen-bond donors (Lipinski definition) is 1. The Bertz CT molecular complexity index is 758. The Morgan fingerprint density at radius 3 is 2.42 bits per heavy atom. The fourth-order valence-corrected chi connectivity index (χ4v) is 2.49. The quantitative estimate of drug-likeness (QED) is 0.753. The summed E-state index contributed by atoms with van der Waals surface area (Å²) in [6, 6.07) is 13.1. The van der Waals surface area contributed by atoms with Gasteiger partial charge in [0.15, 0.2) is 0 Å². The molecule has 0 radical (unpaired) electrons. The van der Waals surface area contributed by atoms with Crippen molar-refractivity contribution < 1.29 is 23.8 Å². The van der Waals surface area contributed by atoms with Crippen LogP contribution in [0.15, 0.2) is 42.5 Å². The Hall–Kier alpha value is -3.02. The molecule has 2 rings (SSSR count). The van der Waals surface area contributed by atoms with Crippen molar-refractivity contribution in [2.24, 2.45) is 0 Å². The fourth-order valence-electron chi connectivity index (χ4n) is 2.49. The Morgan fingerprint density at radius 2 is 1.81 bits per heavy atom. The highest BCUT2D eigenvalue weighted by Gasteiger charge is 2.20. The molecular weight excluding hydrogens is 334 g/mol. The first kappa shape index (κ1) is 19.3. The van der Waals surface area contributed by atoms with E-state index >= 15 is 0 Å². The summed E-state index contributed by atoms with van der Waals surface area (Å²) >= 11 is 0. The number of anilines is 1. The zero-order valence-electron chi connectivity index (χ0n) is 15.2. The molecule has 6 nitrogen and oxygen atoms in total. The molecule has 0 aliphatic rings. The number of amides is 1. The minimum atomic E-state index is -0.639. The number of benzene rings is 2. The summed E-state index contributed by atoms with van der Waals surface area (Å²) < 4.78 is 15.6. The average molecular weight is 357 g/mol. The summed E-state index contributed by atoms with van der Waals surface area (Å²) in [4.78, 5) is 24.0. The van der Waals surface area contributed by atoms with Gasteiger partial charge in [0.05, 0.1) is 25.0 Å². The number of carbonyl (C=O) groups is 2. The lowest BCUT2D eigenvalue weighted by Gasteiger charge is -2.16. The minimum absolute atomic E-state index is 0.226. The van der Waals surface area contributed by atoms with Gasteiger partial charge in [-0.25, -0.2) is 9.59 Å². The van der Waals surface area contributed by atoms with Gasteiger partial charge in [-0.05, 0) is 30.5 Å². The van der Waals surface area contributed by atoms with Crippen molar-refractivity contribution in [3.05, 3.63) is 59.2 Å².